The van der Waals surface area contributed by atoms with Crippen LogP contribution in [0.5, 0.6) is 0 Å². The summed E-state index contributed by atoms with van der Waals surface area (Å²) in [6.07, 6.45) is 12.5. The van der Waals surface area contributed by atoms with Gasteiger partial charge in [0.1, 0.15) is 0 Å². The number of rotatable bonds is 4. The lowest BCUT2D eigenvalue weighted by atomic mass is 9.44. The molecule has 0 aliphatic heterocycles. The highest BCUT2D eigenvalue weighted by atomic mass is 16.4. The molecule has 4 aliphatic rings. The van der Waals surface area contributed by atoms with Crippen molar-refractivity contribution in [1.82, 2.24) is 0 Å². The van der Waals surface area contributed by atoms with Crippen LogP contribution in [0.2, 0.25) is 0 Å². The molecule has 0 amide bonds. The van der Waals surface area contributed by atoms with Crippen LogP contribution < -0.4 is 0 Å². The summed E-state index contributed by atoms with van der Waals surface area (Å²) in [6, 6.07) is 0. The van der Waals surface area contributed by atoms with Crippen molar-refractivity contribution in [3.63, 3.8) is 0 Å². The molecular weight excluding hydrogens is 336 g/mol. The second-order valence-corrected chi connectivity index (χ2v) is 11.2. The minimum atomic E-state index is -0.663. The van der Waals surface area contributed by atoms with E-state index in [9.17, 15) is 9.90 Å². The fourth-order valence-electron chi connectivity index (χ4n) is 8.78. The number of carboxylic acid groups (broad SMARTS) is 1. The topological polar surface area (TPSA) is 57.5 Å². The van der Waals surface area contributed by atoms with Gasteiger partial charge in [-0.25, -0.2) is 0 Å². The van der Waals surface area contributed by atoms with Crippen LogP contribution in [-0.4, -0.2) is 22.3 Å². The highest BCUT2D eigenvalue weighted by Gasteiger charge is 2.62. The maximum atomic E-state index is 11.2. The first-order chi connectivity index (χ1) is 12.8. The molecule has 4 fully saturated rings. The molecule has 154 valence electrons. The van der Waals surface area contributed by atoms with Gasteiger partial charge in [0.15, 0.2) is 0 Å². The first-order valence-electron chi connectivity index (χ1n) is 11.7. The van der Waals surface area contributed by atoms with E-state index in [-0.39, 0.29) is 6.10 Å². The van der Waals surface area contributed by atoms with Gasteiger partial charge in [-0.05, 0) is 97.7 Å². The maximum Gasteiger partial charge on any atom is 0.303 e. The molecule has 0 aromatic carbocycles. The van der Waals surface area contributed by atoms with Gasteiger partial charge in [0.05, 0.1) is 6.10 Å². The minimum Gasteiger partial charge on any atom is -0.481 e. The molecule has 0 saturated heterocycles. The summed E-state index contributed by atoms with van der Waals surface area (Å²) < 4.78 is 0. The summed E-state index contributed by atoms with van der Waals surface area (Å²) in [4.78, 5) is 11.0. The Balaban J connectivity index is 1.56. The van der Waals surface area contributed by atoms with Crippen molar-refractivity contribution in [3.05, 3.63) is 0 Å². The number of aliphatic carboxylic acids is 1. The minimum absolute atomic E-state index is 0.108. The Bertz CT molecular complexity index is 574. The van der Waals surface area contributed by atoms with Gasteiger partial charge >= 0.3 is 5.97 Å². The molecule has 27 heavy (non-hydrogen) atoms. The molecule has 0 aromatic heterocycles. The standard InChI is InChI=1S/C24H40O3/c1-15(7-10-21(26)27)17-8-9-18-22-19(11-13-24(17,18)3)23(2)12-5-4-6-16(23)14-20(22)25/h15-20,22,25H,4-14H2,1-3H3,(H,26,27)/t15-,16?,17?,18?,19?,20-,22?,23?,24?/m1/s1. The Morgan fingerprint density at radius 1 is 1.04 bits per heavy atom. The fourth-order valence-corrected chi connectivity index (χ4v) is 8.78. The van der Waals surface area contributed by atoms with Gasteiger partial charge in [-0.3, -0.25) is 4.79 Å². The Morgan fingerprint density at radius 3 is 2.52 bits per heavy atom. The quantitative estimate of drug-likeness (QED) is 0.680. The summed E-state index contributed by atoms with van der Waals surface area (Å²) in [6.45, 7) is 7.33. The SMILES string of the molecule is C[C@H](CCC(=O)O)C1CCC2C3C(CCC21C)C1(C)CCCCC1C[C@H]3O. The summed E-state index contributed by atoms with van der Waals surface area (Å²) >= 11 is 0. The molecule has 2 N–H and O–H groups in total. The summed E-state index contributed by atoms with van der Waals surface area (Å²) in [5.74, 6) is 3.02. The molecular formula is C24H40O3. The summed E-state index contributed by atoms with van der Waals surface area (Å²) in [5.41, 5.74) is 0.758. The number of hydrogen-bond donors (Lipinski definition) is 2. The molecule has 9 atom stereocenters. The summed E-state index contributed by atoms with van der Waals surface area (Å²) in [7, 11) is 0. The van der Waals surface area contributed by atoms with E-state index in [0.29, 0.717) is 46.8 Å². The van der Waals surface area contributed by atoms with Crippen molar-refractivity contribution in [2.75, 3.05) is 0 Å². The van der Waals surface area contributed by atoms with Crippen LogP contribution in [0.25, 0.3) is 0 Å². The highest BCUT2D eigenvalue weighted by Crippen LogP contribution is 2.68. The van der Waals surface area contributed by atoms with E-state index in [2.05, 4.69) is 20.8 Å². The third kappa shape index (κ3) is 3.07. The molecule has 0 aromatic rings. The van der Waals surface area contributed by atoms with Gasteiger partial charge in [0.2, 0.25) is 0 Å². The predicted molar refractivity (Wildman–Crippen MR) is 107 cm³/mol. The van der Waals surface area contributed by atoms with Crippen LogP contribution >= 0.6 is 0 Å². The molecule has 0 bridgehead atoms. The fraction of sp³-hybridized carbons (Fsp3) is 0.958. The lowest BCUT2D eigenvalue weighted by molar-refractivity contribution is -0.164. The van der Waals surface area contributed by atoms with Crippen molar-refractivity contribution in [3.8, 4) is 0 Å². The monoisotopic (exact) mass is 376 g/mol. The Kier molecular flexibility index (Phi) is 5.15. The van der Waals surface area contributed by atoms with Gasteiger partial charge in [-0.2, -0.15) is 0 Å². The third-order valence-corrected chi connectivity index (χ3v) is 10.2. The van der Waals surface area contributed by atoms with E-state index in [0.717, 1.165) is 18.8 Å². The van der Waals surface area contributed by atoms with Gasteiger partial charge in [0.25, 0.3) is 0 Å². The zero-order chi connectivity index (χ0) is 19.4. The molecule has 4 saturated carbocycles. The second-order valence-electron chi connectivity index (χ2n) is 11.2. The van der Waals surface area contributed by atoms with Crippen molar-refractivity contribution < 1.29 is 15.0 Å². The van der Waals surface area contributed by atoms with Crippen LogP contribution in [0.15, 0.2) is 0 Å². The van der Waals surface area contributed by atoms with E-state index in [1.165, 1.54) is 51.4 Å². The predicted octanol–water partition coefficient (Wildman–Crippen LogP) is 5.51. The van der Waals surface area contributed by atoms with Crippen molar-refractivity contribution in [2.45, 2.75) is 97.5 Å². The molecule has 0 heterocycles. The third-order valence-electron chi connectivity index (χ3n) is 10.2. The Hall–Kier alpha value is -0.570. The number of hydrogen-bond acceptors (Lipinski definition) is 2. The number of carbonyl (C=O) groups is 1. The first-order valence-corrected chi connectivity index (χ1v) is 11.7. The molecule has 4 rings (SSSR count). The van der Waals surface area contributed by atoms with E-state index >= 15 is 0 Å². The maximum absolute atomic E-state index is 11.2. The highest BCUT2D eigenvalue weighted by molar-refractivity contribution is 5.66. The van der Waals surface area contributed by atoms with E-state index in [1.54, 1.807) is 0 Å². The van der Waals surface area contributed by atoms with Gasteiger partial charge < -0.3 is 10.2 Å². The lowest BCUT2D eigenvalue weighted by Crippen LogP contribution is -2.57. The van der Waals surface area contributed by atoms with E-state index in [4.69, 9.17) is 5.11 Å². The zero-order valence-corrected chi connectivity index (χ0v) is 17.6. The van der Waals surface area contributed by atoms with Crippen LogP contribution in [0.3, 0.4) is 0 Å². The molecule has 0 radical (unpaired) electrons. The Morgan fingerprint density at radius 2 is 1.78 bits per heavy atom. The van der Waals surface area contributed by atoms with E-state index < -0.39 is 5.97 Å². The smallest absolute Gasteiger partial charge is 0.303 e. The zero-order valence-electron chi connectivity index (χ0n) is 17.6. The van der Waals surface area contributed by atoms with Crippen LogP contribution in [0, 0.1) is 46.3 Å². The largest absolute Gasteiger partial charge is 0.481 e. The number of carboxylic acids is 1. The Labute approximate surface area is 165 Å². The average Bonchev–Trinajstić information content (AvgIpc) is 2.97. The van der Waals surface area contributed by atoms with Crippen LogP contribution in [-0.2, 0) is 4.79 Å². The van der Waals surface area contributed by atoms with Gasteiger partial charge in [0, 0.05) is 6.42 Å². The number of aliphatic hydroxyl groups is 1. The van der Waals surface area contributed by atoms with Crippen molar-refractivity contribution in [2.24, 2.45) is 46.3 Å². The van der Waals surface area contributed by atoms with Crippen molar-refractivity contribution >= 4 is 5.97 Å². The van der Waals surface area contributed by atoms with Gasteiger partial charge in [-0.1, -0.05) is 33.6 Å². The lowest BCUT2D eigenvalue weighted by Gasteiger charge is -2.62. The molecule has 3 heteroatoms. The number of aliphatic hydroxyl groups excluding tert-OH is 1. The molecule has 4 aliphatic carbocycles. The van der Waals surface area contributed by atoms with Crippen LogP contribution in [0.4, 0.5) is 0 Å². The molecule has 7 unspecified atom stereocenters. The van der Waals surface area contributed by atoms with Gasteiger partial charge in [-0.15, -0.1) is 0 Å². The normalized spacial score (nSPS) is 50.4. The van der Waals surface area contributed by atoms with E-state index in [1.807, 2.05) is 0 Å². The molecule has 3 nitrogen and oxygen atoms in total. The average molecular weight is 377 g/mol. The first kappa shape index (κ1) is 19.7. The van der Waals surface area contributed by atoms with Crippen LogP contribution in [0.1, 0.15) is 91.4 Å². The van der Waals surface area contributed by atoms with Crippen molar-refractivity contribution in [1.29, 1.82) is 0 Å². The second kappa shape index (κ2) is 7.04. The number of fused-ring (bicyclic) bond motifs is 5. The molecule has 0 spiro atoms. The summed E-state index contributed by atoms with van der Waals surface area (Å²) in [5, 5.41) is 20.3.